The van der Waals surface area contributed by atoms with Crippen LogP contribution in [0.4, 0.5) is 0 Å². The number of aryl methyl sites for hydroxylation is 2. The fourth-order valence-corrected chi connectivity index (χ4v) is 3.75. The average molecular weight is 459 g/mol. The van der Waals surface area contributed by atoms with E-state index in [0.717, 1.165) is 36.8 Å². The van der Waals surface area contributed by atoms with Crippen LogP contribution in [-0.4, -0.2) is 18.4 Å². The van der Waals surface area contributed by atoms with E-state index < -0.39 is 11.9 Å². The Kier molecular flexibility index (Phi) is 11.6. The van der Waals surface area contributed by atoms with Gasteiger partial charge in [-0.25, -0.2) is 0 Å². The quantitative estimate of drug-likeness (QED) is 0.139. The maximum absolute atomic E-state index is 13.6. The van der Waals surface area contributed by atoms with Crippen molar-refractivity contribution in [3.63, 3.8) is 0 Å². The Morgan fingerprint density at radius 1 is 0.938 bits per heavy atom. The number of ether oxygens (including phenoxy) is 1. The van der Waals surface area contributed by atoms with E-state index in [2.05, 4.69) is 39.8 Å². The summed E-state index contributed by atoms with van der Waals surface area (Å²) in [5.74, 6) is -1.58. The van der Waals surface area contributed by atoms with E-state index in [1.165, 1.54) is 5.56 Å². The number of Topliss-reactive ketones (excluding diaryl/α,β-unsaturated/α-hetero) is 1. The molecule has 32 heavy (non-hydrogen) atoms. The lowest BCUT2D eigenvalue weighted by atomic mass is 9.81. The molecular weight excluding hydrogens is 419 g/mol. The van der Waals surface area contributed by atoms with Crippen LogP contribution in [0.3, 0.4) is 0 Å². The van der Waals surface area contributed by atoms with E-state index in [4.69, 9.17) is 9.30 Å². The van der Waals surface area contributed by atoms with Gasteiger partial charge in [-0.15, -0.1) is 0 Å². The van der Waals surface area contributed by atoms with Crippen LogP contribution in [0.15, 0.2) is 42.5 Å². The Hall–Kier alpha value is -2.19. The summed E-state index contributed by atoms with van der Waals surface area (Å²) in [7, 11) is 0.611. The third-order valence-electron chi connectivity index (χ3n) is 5.52. The fourth-order valence-electron chi connectivity index (χ4n) is 3.75. The number of esters is 1. The number of rotatable bonds is 9. The lowest BCUT2D eigenvalue weighted by Crippen LogP contribution is -2.26. The molecule has 4 nitrogen and oxygen atoms in total. The summed E-state index contributed by atoms with van der Waals surface area (Å²) in [6.45, 7) is 12.9. The van der Waals surface area contributed by atoms with Crippen LogP contribution in [0.5, 0.6) is 0 Å². The van der Waals surface area contributed by atoms with Crippen LogP contribution in [0.25, 0.3) is 0 Å². The van der Waals surface area contributed by atoms with Crippen molar-refractivity contribution in [1.82, 2.24) is 0 Å². The highest BCUT2D eigenvalue weighted by Gasteiger charge is 2.33. The summed E-state index contributed by atoms with van der Waals surface area (Å²) >= 11 is 0. The lowest BCUT2D eigenvalue weighted by Gasteiger charge is -2.23. The van der Waals surface area contributed by atoms with E-state index in [0.29, 0.717) is 26.9 Å². The van der Waals surface area contributed by atoms with Gasteiger partial charge in [0.2, 0.25) is 0 Å². The number of hydrogen-bond donors (Lipinski definition) is 0. The van der Waals surface area contributed by atoms with Crippen LogP contribution >= 0.6 is 9.12 Å². The normalized spacial score (nSPS) is 11.9. The number of unbranched alkanes of at least 4 members (excludes halogenated alkanes) is 3. The molecule has 0 aliphatic carbocycles. The molecule has 0 aliphatic rings. The van der Waals surface area contributed by atoms with E-state index in [1.54, 1.807) is 0 Å². The van der Waals surface area contributed by atoms with E-state index in [9.17, 15) is 9.59 Å². The maximum atomic E-state index is 13.6. The summed E-state index contributed by atoms with van der Waals surface area (Å²) in [4.78, 5) is 26.6. The number of hydrogen-bond acceptors (Lipinski definition) is 4. The Morgan fingerprint density at radius 2 is 1.50 bits per heavy atom. The molecular formula is C27H39O4P. The van der Waals surface area contributed by atoms with Crippen LogP contribution in [0.1, 0.15) is 91.9 Å². The molecule has 0 bridgehead atoms. The second kappa shape index (κ2) is 13.4. The zero-order chi connectivity index (χ0) is 24.3. The summed E-state index contributed by atoms with van der Waals surface area (Å²) in [5.41, 5.74) is 4.29. The van der Waals surface area contributed by atoms with Crippen LogP contribution in [0.2, 0.25) is 0 Å². The molecule has 0 N–H and O–H groups in total. The summed E-state index contributed by atoms with van der Waals surface area (Å²) in [6, 6.07) is 13.4. The molecule has 0 spiro atoms. The van der Waals surface area contributed by atoms with Gasteiger partial charge in [-0.2, -0.15) is 0 Å². The fraction of sp³-hybridized carbons (Fsp3) is 0.481. The van der Waals surface area contributed by atoms with Gasteiger partial charge in [-0.1, -0.05) is 89.4 Å². The summed E-state index contributed by atoms with van der Waals surface area (Å²) < 4.78 is 13.8. The monoisotopic (exact) mass is 458 g/mol. The number of carbonyl (C=O) groups excluding carboxylic acids is 2. The highest BCUT2D eigenvalue weighted by Crippen LogP contribution is 2.31. The molecule has 2 atom stereocenters. The molecule has 0 amide bonds. The van der Waals surface area contributed by atoms with Crippen molar-refractivity contribution in [2.75, 3.05) is 6.61 Å². The van der Waals surface area contributed by atoms with Gasteiger partial charge in [0.15, 0.2) is 5.78 Å². The molecule has 5 heteroatoms. The van der Waals surface area contributed by atoms with Gasteiger partial charge < -0.3 is 9.30 Å². The molecule has 0 saturated heterocycles. The topological polar surface area (TPSA) is 60.4 Å². The highest BCUT2D eigenvalue weighted by atomic mass is 31.0. The number of ketones is 1. The van der Waals surface area contributed by atoms with Crippen molar-refractivity contribution in [3.8, 4) is 0 Å². The van der Waals surface area contributed by atoms with Gasteiger partial charge >= 0.3 is 5.97 Å². The Morgan fingerprint density at radius 3 is 2.00 bits per heavy atom. The predicted molar refractivity (Wildman–Crippen MR) is 135 cm³/mol. The van der Waals surface area contributed by atoms with Crippen LogP contribution in [-0.2, 0) is 19.5 Å². The van der Waals surface area contributed by atoms with E-state index in [-0.39, 0.29) is 11.2 Å². The van der Waals surface area contributed by atoms with Gasteiger partial charge in [0, 0.05) is 5.56 Å². The second-order valence-corrected chi connectivity index (χ2v) is 9.17. The van der Waals surface area contributed by atoms with Gasteiger partial charge in [0.1, 0.15) is 5.92 Å². The van der Waals surface area contributed by atoms with Gasteiger partial charge in [-0.05, 0) is 47.9 Å². The average Bonchev–Trinajstić information content (AvgIpc) is 2.75. The maximum Gasteiger partial charge on any atom is 0.321 e. The first-order chi connectivity index (χ1) is 15.2. The molecule has 2 aromatic carbocycles. The van der Waals surface area contributed by atoms with Crippen molar-refractivity contribution in [1.29, 1.82) is 0 Å². The van der Waals surface area contributed by atoms with Crippen molar-refractivity contribution >= 4 is 20.9 Å². The summed E-state index contributed by atoms with van der Waals surface area (Å²) in [6.07, 6.45) is 4.10. The zero-order valence-electron chi connectivity index (χ0n) is 20.5. The van der Waals surface area contributed by atoms with E-state index >= 15 is 0 Å². The minimum absolute atomic E-state index is 0.00660. The highest BCUT2D eigenvalue weighted by molar-refractivity contribution is 7.00. The molecule has 0 saturated carbocycles. The van der Waals surface area contributed by atoms with Crippen molar-refractivity contribution in [3.05, 3.63) is 70.3 Å². The molecule has 2 aromatic rings. The van der Waals surface area contributed by atoms with Crippen molar-refractivity contribution < 1.29 is 18.9 Å². The van der Waals surface area contributed by atoms with E-state index in [1.807, 2.05) is 44.2 Å². The third kappa shape index (κ3) is 7.74. The first-order valence-corrected chi connectivity index (χ1v) is 11.9. The molecule has 0 aromatic heterocycles. The van der Waals surface area contributed by atoms with Crippen molar-refractivity contribution in [2.45, 2.75) is 78.6 Å². The molecule has 2 unspecified atom stereocenters. The Bertz CT molecular complexity index is 861. The number of benzene rings is 2. The van der Waals surface area contributed by atoms with Crippen molar-refractivity contribution in [2.24, 2.45) is 0 Å². The molecule has 0 aliphatic heterocycles. The van der Waals surface area contributed by atoms with Gasteiger partial charge in [-0.3, -0.25) is 9.59 Å². The molecule has 176 valence electrons. The predicted octanol–water partition coefficient (Wildman–Crippen LogP) is 6.63. The number of carbonyl (C=O) groups is 2. The molecule has 0 heterocycles. The molecule has 0 radical (unpaired) electrons. The first-order valence-electron chi connectivity index (χ1n) is 11.3. The Balaban J connectivity index is 0.00000249. The largest absolute Gasteiger partial charge is 0.465 e. The zero-order valence-corrected chi connectivity index (χ0v) is 21.9. The lowest BCUT2D eigenvalue weighted by molar-refractivity contribution is -0.144. The second-order valence-electron chi connectivity index (χ2n) is 9.17. The Labute approximate surface area is 195 Å². The van der Waals surface area contributed by atoms with Crippen LogP contribution in [0, 0.1) is 13.8 Å². The van der Waals surface area contributed by atoms with Gasteiger partial charge in [0.05, 0.1) is 15.7 Å². The molecule has 0 fully saturated rings. The standard InChI is InChI=1S/C27H36O3.H3OP/c1-7-8-9-13-16-30-26(29)24(21-14-11-10-12-15-21)25(28)23-19(2)17-22(18-20(23)3)27(4,5)6;1-2/h10-12,14-15,17-18,24H,7-9,13,16H2,1-6H3;2H3. The minimum atomic E-state index is -0.935. The smallest absolute Gasteiger partial charge is 0.321 e. The first kappa shape index (κ1) is 27.8. The van der Waals surface area contributed by atoms with Gasteiger partial charge in [0.25, 0.3) is 0 Å². The SMILES string of the molecule is CCCCCCOC(=O)C(C(=O)c1c(C)cc(C(C)(C)C)cc1C)c1ccccc1.O=[PH3]. The molecule has 2 rings (SSSR count). The summed E-state index contributed by atoms with van der Waals surface area (Å²) in [5, 5.41) is 0. The third-order valence-corrected chi connectivity index (χ3v) is 5.52. The van der Waals surface area contributed by atoms with Crippen LogP contribution < -0.4 is 0 Å². The minimum Gasteiger partial charge on any atom is -0.465 e.